The Hall–Kier alpha value is -2.47. The van der Waals surface area contributed by atoms with Crippen LogP contribution in [0, 0.1) is 5.82 Å². The number of rotatable bonds is 7. The van der Waals surface area contributed by atoms with Crippen LogP contribution in [-0.2, 0) is 17.8 Å². The third kappa shape index (κ3) is 4.38. The first-order chi connectivity index (χ1) is 12.6. The zero-order valence-corrected chi connectivity index (χ0v) is 15.7. The molecular weight excluding hydrogens is 351 g/mol. The minimum absolute atomic E-state index is 0.0438. The quantitative estimate of drug-likeness (QED) is 0.616. The maximum atomic E-state index is 13.7. The van der Waals surface area contributed by atoms with E-state index in [1.54, 1.807) is 35.4 Å². The van der Waals surface area contributed by atoms with Crippen molar-refractivity contribution >= 4 is 27.5 Å². The van der Waals surface area contributed by atoms with E-state index < -0.39 is 5.82 Å². The lowest BCUT2D eigenvalue weighted by Crippen LogP contribution is -2.26. The van der Waals surface area contributed by atoms with Crippen LogP contribution >= 0.6 is 11.3 Å². The smallest absolute Gasteiger partial charge is 0.222 e. The van der Waals surface area contributed by atoms with E-state index in [-0.39, 0.29) is 11.7 Å². The Bertz CT molecular complexity index is 877. The summed E-state index contributed by atoms with van der Waals surface area (Å²) >= 11 is 1.68. The Morgan fingerprint density at radius 3 is 2.81 bits per heavy atom. The first-order valence-corrected chi connectivity index (χ1v) is 9.29. The molecule has 0 aliphatic carbocycles. The van der Waals surface area contributed by atoms with Crippen LogP contribution in [0.3, 0.4) is 0 Å². The molecule has 0 N–H and O–H groups in total. The summed E-state index contributed by atoms with van der Waals surface area (Å²) in [6.45, 7) is 0.376. The van der Waals surface area contributed by atoms with Crippen LogP contribution in [0.15, 0.2) is 42.5 Å². The van der Waals surface area contributed by atoms with E-state index in [2.05, 4.69) is 11.1 Å². The van der Waals surface area contributed by atoms with E-state index in [4.69, 9.17) is 4.74 Å². The van der Waals surface area contributed by atoms with Gasteiger partial charge in [0.2, 0.25) is 5.91 Å². The van der Waals surface area contributed by atoms with Gasteiger partial charge in [-0.15, -0.1) is 11.3 Å². The number of carbonyl (C=O) groups excluding carboxylic acids is 1. The van der Waals surface area contributed by atoms with Gasteiger partial charge in [0.15, 0.2) is 11.6 Å². The van der Waals surface area contributed by atoms with E-state index in [1.165, 1.54) is 17.9 Å². The zero-order chi connectivity index (χ0) is 18.5. The van der Waals surface area contributed by atoms with Gasteiger partial charge in [-0.3, -0.25) is 4.79 Å². The number of thiazole rings is 1. The molecule has 0 radical (unpaired) electrons. The van der Waals surface area contributed by atoms with Gasteiger partial charge in [0, 0.05) is 20.0 Å². The Balaban J connectivity index is 1.50. The molecule has 26 heavy (non-hydrogen) atoms. The second-order valence-corrected chi connectivity index (χ2v) is 7.26. The molecule has 1 amide bonds. The average Bonchev–Trinajstić information content (AvgIpc) is 3.04. The van der Waals surface area contributed by atoms with Gasteiger partial charge in [0.05, 0.1) is 22.3 Å². The number of halogens is 1. The molecule has 0 fully saturated rings. The first kappa shape index (κ1) is 18.3. The van der Waals surface area contributed by atoms with Crippen molar-refractivity contribution in [2.24, 2.45) is 0 Å². The summed E-state index contributed by atoms with van der Waals surface area (Å²) in [5.74, 6) is -0.164. The van der Waals surface area contributed by atoms with Crippen LogP contribution in [0.2, 0.25) is 0 Å². The number of nitrogens with zero attached hydrogens (tertiary/aromatic N) is 2. The molecule has 0 spiro atoms. The van der Waals surface area contributed by atoms with Crippen LogP contribution < -0.4 is 4.74 Å². The minimum atomic E-state index is -0.415. The molecule has 0 aliphatic rings. The number of hydrogen-bond acceptors (Lipinski definition) is 4. The van der Waals surface area contributed by atoms with Crippen molar-refractivity contribution in [1.29, 1.82) is 0 Å². The highest BCUT2D eigenvalue weighted by atomic mass is 32.1. The van der Waals surface area contributed by atoms with Gasteiger partial charge in [-0.05, 0) is 42.7 Å². The number of ether oxygens (including phenoxy) is 1. The Labute approximate surface area is 156 Å². The highest BCUT2D eigenvalue weighted by Crippen LogP contribution is 2.23. The van der Waals surface area contributed by atoms with Crippen molar-refractivity contribution in [3.05, 3.63) is 58.9 Å². The third-order valence-electron chi connectivity index (χ3n) is 4.18. The summed E-state index contributed by atoms with van der Waals surface area (Å²) in [6, 6.07) is 12.8. The Morgan fingerprint density at radius 2 is 2.08 bits per heavy atom. The fraction of sp³-hybridized carbons (Fsp3) is 0.300. The molecule has 136 valence electrons. The molecule has 0 bridgehead atoms. The van der Waals surface area contributed by atoms with E-state index >= 15 is 0 Å². The molecule has 0 saturated carbocycles. The summed E-state index contributed by atoms with van der Waals surface area (Å²) in [7, 11) is 3.17. The number of benzene rings is 2. The SMILES string of the molecule is COc1ccc(CN(C)C(=O)CCCc2nc3ccccc3s2)cc1F. The monoisotopic (exact) mass is 372 g/mol. The van der Waals surface area contributed by atoms with Crippen LogP contribution in [0.5, 0.6) is 5.75 Å². The number of aromatic nitrogens is 1. The maximum absolute atomic E-state index is 13.7. The van der Waals surface area contributed by atoms with Crippen LogP contribution in [0.1, 0.15) is 23.4 Å². The molecule has 0 saturated heterocycles. The van der Waals surface area contributed by atoms with E-state index in [0.29, 0.717) is 13.0 Å². The zero-order valence-electron chi connectivity index (χ0n) is 14.9. The van der Waals surface area contributed by atoms with Crippen molar-refractivity contribution < 1.29 is 13.9 Å². The van der Waals surface area contributed by atoms with Crippen LogP contribution in [0.4, 0.5) is 4.39 Å². The summed E-state index contributed by atoms with van der Waals surface area (Å²) in [6.07, 6.45) is 1.99. The van der Waals surface area contributed by atoms with Gasteiger partial charge < -0.3 is 9.64 Å². The number of aryl methyl sites for hydroxylation is 1. The molecule has 2 aromatic carbocycles. The number of methoxy groups -OCH3 is 1. The van der Waals surface area contributed by atoms with E-state index in [9.17, 15) is 9.18 Å². The van der Waals surface area contributed by atoms with Gasteiger partial charge in [0.1, 0.15) is 0 Å². The van der Waals surface area contributed by atoms with Crippen molar-refractivity contribution in [2.75, 3.05) is 14.2 Å². The number of hydrogen-bond donors (Lipinski definition) is 0. The predicted molar refractivity (Wildman–Crippen MR) is 102 cm³/mol. The molecule has 0 aliphatic heterocycles. The van der Waals surface area contributed by atoms with Gasteiger partial charge in [-0.1, -0.05) is 18.2 Å². The van der Waals surface area contributed by atoms with Crippen LogP contribution in [0.25, 0.3) is 10.2 Å². The van der Waals surface area contributed by atoms with Crippen molar-refractivity contribution in [1.82, 2.24) is 9.88 Å². The number of amides is 1. The lowest BCUT2D eigenvalue weighted by Gasteiger charge is -2.17. The molecule has 0 unspecified atom stereocenters. The number of para-hydroxylation sites is 1. The summed E-state index contributed by atoms with van der Waals surface area (Å²) in [5, 5.41) is 1.05. The molecule has 1 aromatic heterocycles. The first-order valence-electron chi connectivity index (χ1n) is 8.47. The van der Waals surface area contributed by atoms with Crippen molar-refractivity contribution in [3.8, 4) is 5.75 Å². The Kier molecular flexibility index (Phi) is 5.83. The summed E-state index contributed by atoms with van der Waals surface area (Å²) in [4.78, 5) is 18.5. The third-order valence-corrected chi connectivity index (χ3v) is 5.28. The van der Waals surface area contributed by atoms with Crippen LogP contribution in [-0.4, -0.2) is 29.9 Å². The van der Waals surface area contributed by atoms with Crippen molar-refractivity contribution in [3.63, 3.8) is 0 Å². The maximum Gasteiger partial charge on any atom is 0.222 e. The highest BCUT2D eigenvalue weighted by molar-refractivity contribution is 7.18. The Morgan fingerprint density at radius 1 is 1.27 bits per heavy atom. The number of carbonyl (C=O) groups is 1. The fourth-order valence-corrected chi connectivity index (χ4v) is 3.79. The van der Waals surface area contributed by atoms with E-state index in [1.807, 2.05) is 18.2 Å². The van der Waals surface area contributed by atoms with Gasteiger partial charge in [-0.2, -0.15) is 0 Å². The second-order valence-electron chi connectivity index (χ2n) is 6.15. The van der Waals surface area contributed by atoms with E-state index in [0.717, 1.165) is 28.9 Å². The second kappa shape index (κ2) is 8.27. The molecular formula is C20H21FN2O2S. The van der Waals surface area contributed by atoms with Gasteiger partial charge in [-0.25, -0.2) is 9.37 Å². The molecule has 4 nitrogen and oxygen atoms in total. The largest absolute Gasteiger partial charge is 0.494 e. The standard InChI is InChI=1S/C20H21FN2O2S/c1-23(13-14-10-11-17(25-2)15(21)12-14)20(24)9-5-8-19-22-16-6-3-4-7-18(16)26-19/h3-4,6-7,10-12H,5,8-9,13H2,1-2H3. The lowest BCUT2D eigenvalue weighted by atomic mass is 10.1. The minimum Gasteiger partial charge on any atom is -0.494 e. The average molecular weight is 372 g/mol. The summed E-state index contributed by atoms with van der Waals surface area (Å²) < 4.78 is 19.8. The molecule has 6 heteroatoms. The lowest BCUT2D eigenvalue weighted by molar-refractivity contribution is -0.130. The number of fused-ring (bicyclic) bond motifs is 1. The fourth-order valence-electron chi connectivity index (χ4n) is 2.78. The molecule has 3 rings (SSSR count). The highest BCUT2D eigenvalue weighted by Gasteiger charge is 2.12. The molecule has 3 aromatic rings. The molecule has 1 heterocycles. The molecule has 0 atom stereocenters. The topological polar surface area (TPSA) is 42.4 Å². The predicted octanol–water partition coefficient (Wildman–Crippen LogP) is 4.43. The van der Waals surface area contributed by atoms with Gasteiger partial charge in [0.25, 0.3) is 0 Å². The summed E-state index contributed by atoms with van der Waals surface area (Å²) in [5.41, 5.74) is 1.75. The normalized spacial score (nSPS) is 10.9. The van der Waals surface area contributed by atoms with Crippen molar-refractivity contribution in [2.45, 2.75) is 25.8 Å². The van der Waals surface area contributed by atoms with Gasteiger partial charge >= 0.3 is 0 Å².